The van der Waals surface area contributed by atoms with Gasteiger partial charge in [0.25, 0.3) is 0 Å². The molecule has 0 aromatic carbocycles. The number of amides is 4. The fraction of sp³-hybridized carbons (Fsp3) is 0.560. The highest BCUT2D eigenvalue weighted by Crippen LogP contribution is 2.33. The summed E-state index contributed by atoms with van der Waals surface area (Å²) in [6, 6.07) is 0.930. The monoisotopic (exact) mass is 503 g/mol. The number of thiophene rings is 1. The summed E-state index contributed by atoms with van der Waals surface area (Å²) >= 11 is 1.51. The molecule has 0 radical (unpaired) electrons. The Kier molecular flexibility index (Phi) is 8.60. The average Bonchev–Trinajstić information content (AvgIpc) is 3.29. The SMILES string of the molecule is C=CCN1C(=O)N[C@@H](c2ccsc2)C(C(=O)OCC)=C1CN1CCN(C(=O)NC(C)(C)C)[C@@H](C)C1. The molecule has 1 fully saturated rings. The van der Waals surface area contributed by atoms with Crippen LogP contribution in [0, 0.1) is 0 Å². The van der Waals surface area contributed by atoms with E-state index in [1.807, 2.05) is 49.4 Å². The Balaban J connectivity index is 1.91. The van der Waals surface area contributed by atoms with Crippen molar-refractivity contribution in [3.05, 3.63) is 46.3 Å². The summed E-state index contributed by atoms with van der Waals surface area (Å²) in [5.74, 6) is -0.441. The molecule has 10 heteroatoms. The number of carbonyl (C=O) groups excluding carboxylic acids is 3. The lowest BCUT2D eigenvalue weighted by Gasteiger charge is -2.43. The molecule has 0 aliphatic carbocycles. The molecule has 0 unspecified atom stereocenters. The minimum Gasteiger partial charge on any atom is -0.463 e. The summed E-state index contributed by atoms with van der Waals surface area (Å²) in [6.45, 7) is 16.1. The molecule has 2 aliphatic rings. The lowest BCUT2D eigenvalue weighted by atomic mass is 9.95. The zero-order chi connectivity index (χ0) is 25.8. The number of hydrogen-bond acceptors (Lipinski definition) is 6. The first-order valence-electron chi connectivity index (χ1n) is 12.0. The Labute approximate surface area is 211 Å². The fourth-order valence-electron chi connectivity index (χ4n) is 4.42. The Bertz CT molecular complexity index is 969. The Morgan fingerprint density at radius 3 is 2.66 bits per heavy atom. The predicted octanol–water partition coefficient (Wildman–Crippen LogP) is 3.33. The predicted molar refractivity (Wildman–Crippen MR) is 137 cm³/mol. The molecule has 2 N–H and O–H groups in total. The van der Waals surface area contributed by atoms with Gasteiger partial charge >= 0.3 is 18.0 Å². The van der Waals surface area contributed by atoms with Crippen molar-refractivity contribution in [1.82, 2.24) is 25.3 Å². The van der Waals surface area contributed by atoms with Gasteiger partial charge in [-0.05, 0) is 57.0 Å². The van der Waals surface area contributed by atoms with Crippen molar-refractivity contribution in [3.8, 4) is 0 Å². The van der Waals surface area contributed by atoms with Gasteiger partial charge in [-0.15, -0.1) is 6.58 Å². The van der Waals surface area contributed by atoms with Crippen molar-refractivity contribution in [1.29, 1.82) is 0 Å². The van der Waals surface area contributed by atoms with E-state index in [9.17, 15) is 14.4 Å². The summed E-state index contributed by atoms with van der Waals surface area (Å²) in [4.78, 5) is 44.6. The molecule has 35 heavy (non-hydrogen) atoms. The second kappa shape index (κ2) is 11.3. The van der Waals surface area contributed by atoms with Crippen molar-refractivity contribution >= 4 is 29.4 Å². The van der Waals surface area contributed by atoms with Crippen LogP contribution in [0.5, 0.6) is 0 Å². The summed E-state index contributed by atoms with van der Waals surface area (Å²) in [5.41, 5.74) is 1.58. The van der Waals surface area contributed by atoms with Gasteiger partial charge in [-0.1, -0.05) is 6.08 Å². The molecule has 4 amide bonds. The highest BCUT2D eigenvalue weighted by Gasteiger charge is 2.39. The van der Waals surface area contributed by atoms with Gasteiger partial charge in [0.2, 0.25) is 0 Å². The number of rotatable bonds is 7. The molecule has 3 rings (SSSR count). The van der Waals surface area contributed by atoms with E-state index in [-0.39, 0.29) is 36.8 Å². The molecule has 3 heterocycles. The van der Waals surface area contributed by atoms with Crippen LogP contribution in [0.4, 0.5) is 9.59 Å². The minimum atomic E-state index is -0.583. The van der Waals surface area contributed by atoms with Gasteiger partial charge in [-0.3, -0.25) is 9.80 Å². The quantitative estimate of drug-likeness (QED) is 0.440. The third-order valence-corrected chi connectivity index (χ3v) is 6.65. The van der Waals surface area contributed by atoms with Crippen molar-refractivity contribution in [3.63, 3.8) is 0 Å². The first-order chi connectivity index (χ1) is 16.6. The number of nitrogens with one attached hydrogen (secondary N) is 2. The normalized spacial score (nSPS) is 21.6. The molecule has 0 spiro atoms. The summed E-state index contributed by atoms with van der Waals surface area (Å²) in [6.07, 6.45) is 1.64. The van der Waals surface area contributed by atoms with E-state index in [1.165, 1.54) is 11.3 Å². The smallest absolute Gasteiger partial charge is 0.338 e. The number of hydrogen-bond donors (Lipinski definition) is 2. The second-order valence-electron chi connectivity index (χ2n) is 9.88. The van der Waals surface area contributed by atoms with Crippen LogP contribution in [0.25, 0.3) is 0 Å². The van der Waals surface area contributed by atoms with E-state index >= 15 is 0 Å². The first-order valence-corrected chi connectivity index (χ1v) is 12.9. The fourth-order valence-corrected chi connectivity index (χ4v) is 5.10. The Morgan fingerprint density at radius 2 is 2.09 bits per heavy atom. The Hall–Kier alpha value is -2.85. The van der Waals surface area contributed by atoms with Gasteiger partial charge < -0.3 is 20.3 Å². The molecule has 2 atom stereocenters. The van der Waals surface area contributed by atoms with Crippen LogP contribution in [-0.4, -0.2) is 83.6 Å². The molecule has 0 bridgehead atoms. The molecule has 9 nitrogen and oxygen atoms in total. The number of esters is 1. The highest BCUT2D eigenvalue weighted by atomic mass is 32.1. The molecular formula is C25H37N5O4S. The van der Waals surface area contributed by atoms with Crippen molar-refractivity contribution < 1.29 is 19.1 Å². The molecule has 1 aromatic rings. The van der Waals surface area contributed by atoms with E-state index in [1.54, 1.807) is 17.9 Å². The number of urea groups is 2. The van der Waals surface area contributed by atoms with Crippen LogP contribution in [0.3, 0.4) is 0 Å². The van der Waals surface area contributed by atoms with Gasteiger partial charge in [0.05, 0.1) is 18.2 Å². The van der Waals surface area contributed by atoms with Crippen LogP contribution in [0.15, 0.2) is 40.8 Å². The zero-order valence-electron chi connectivity index (χ0n) is 21.3. The second-order valence-corrected chi connectivity index (χ2v) is 10.7. The summed E-state index contributed by atoms with van der Waals surface area (Å²) in [5, 5.41) is 9.85. The van der Waals surface area contributed by atoms with Gasteiger partial charge in [-0.2, -0.15) is 11.3 Å². The third-order valence-electron chi connectivity index (χ3n) is 5.95. The summed E-state index contributed by atoms with van der Waals surface area (Å²) in [7, 11) is 0. The van der Waals surface area contributed by atoms with Crippen LogP contribution in [-0.2, 0) is 9.53 Å². The first kappa shape index (κ1) is 26.7. The minimum absolute atomic E-state index is 0.0318. The number of carbonyl (C=O) groups is 3. The topological polar surface area (TPSA) is 94.2 Å². The number of piperazine rings is 1. The van der Waals surface area contributed by atoms with Crippen LogP contribution in [0.2, 0.25) is 0 Å². The number of ether oxygens (including phenoxy) is 1. The molecular weight excluding hydrogens is 466 g/mol. The molecule has 1 saturated heterocycles. The van der Waals surface area contributed by atoms with Gasteiger partial charge in [0.1, 0.15) is 0 Å². The molecule has 192 valence electrons. The Morgan fingerprint density at radius 1 is 1.34 bits per heavy atom. The van der Waals surface area contributed by atoms with E-state index < -0.39 is 12.0 Å². The van der Waals surface area contributed by atoms with Gasteiger partial charge in [0, 0.05) is 50.0 Å². The number of nitrogens with zero attached hydrogens (tertiary/aromatic N) is 3. The average molecular weight is 504 g/mol. The third kappa shape index (κ3) is 6.43. The molecule has 1 aromatic heterocycles. The van der Waals surface area contributed by atoms with Crippen molar-refractivity contribution in [2.45, 2.75) is 52.2 Å². The maximum absolute atomic E-state index is 13.2. The summed E-state index contributed by atoms with van der Waals surface area (Å²) < 4.78 is 5.43. The van der Waals surface area contributed by atoms with E-state index in [0.29, 0.717) is 37.4 Å². The van der Waals surface area contributed by atoms with Gasteiger partial charge in [0.15, 0.2) is 0 Å². The molecule has 2 aliphatic heterocycles. The van der Waals surface area contributed by atoms with Gasteiger partial charge in [-0.25, -0.2) is 14.4 Å². The lowest BCUT2D eigenvalue weighted by molar-refractivity contribution is -0.139. The van der Waals surface area contributed by atoms with Crippen LogP contribution >= 0.6 is 11.3 Å². The van der Waals surface area contributed by atoms with Crippen molar-refractivity contribution in [2.24, 2.45) is 0 Å². The standard InChI is InChI=1S/C25H37N5O4S/c1-7-10-30-19(15-28-11-12-29(17(3)14-28)24(33)27-25(4,5)6)20(22(31)34-8-2)21(26-23(30)32)18-9-13-35-16-18/h7,9,13,16-17,21H,1,8,10-12,14-15H2,2-6H3,(H,26,32)(H,27,33)/t17-,21-/m0/s1. The largest absolute Gasteiger partial charge is 0.463 e. The van der Waals surface area contributed by atoms with Crippen LogP contribution in [0.1, 0.15) is 46.2 Å². The molecule has 0 saturated carbocycles. The highest BCUT2D eigenvalue weighted by molar-refractivity contribution is 7.08. The van der Waals surface area contributed by atoms with Crippen molar-refractivity contribution in [2.75, 3.05) is 39.3 Å². The zero-order valence-corrected chi connectivity index (χ0v) is 22.1. The lowest BCUT2D eigenvalue weighted by Crippen LogP contribution is -2.59. The van der Waals surface area contributed by atoms with E-state index in [0.717, 1.165) is 5.56 Å². The van der Waals surface area contributed by atoms with Crippen LogP contribution < -0.4 is 10.6 Å². The maximum atomic E-state index is 13.2. The maximum Gasteiger partial charge on any atom is 0.338 e. The van der Waals surface area contributed by atoms with E-state index in [4.69, 9.17) is 4.74 Å². The van der Waals surface area contributed by atoms with E-state index in [2.05, 4.69) is 22.1 Å².